The first-order chi connectivity index (χ1) is 7.83. The third-order valence-electron chi connectivity index (χ3n) is 2.53. The van der Waals surface area contributed by atoms with Crippen molar-refractivity contribution in [2.24, 2.45) is 0 Å². The predicted octanol–water partition coefficient (Wildman–Crippen LogP) is 1.64. The van der Waals surface area contributed by atoms with Crippen LogP contribution in [0, 0.1) is 11.3 Å². The second-order valence-corrected chi connectivity index (χ2v) is 3.61. The first kappa shape index (κ1) is 12.7. The van der Waals surface area contributed by atoms with E-state index in [1.54, 1.807) is 0 Å². The van der Waals surface area contributed by atoms with E-state index in [0.29, 0.717) is 13.2 Å². The van der Waals surface area contributed by atoms with E-state index in [1.165, 1.54) is 5.82 Å². The minimum atomic E-state index is 0.616. The number of imidazole rings is 1. The fourth-order valence-electron chi connectivity index (χ4n) is 1.74. The SMILES string of the molecule is CCOC[n+]1ccn(CCCC#N)c1CC. The Morgan fingerprint density at radius 1 is 1.50 bits per heavy atom. The number of hydrogen-bond donors (Lipinski definition) is 0. The second-order valence-electron chi connectivity index (χ2n) is 3.61. The molecule has 0 spiro atoms. The molecule has 0 saturated heterocycles. The highest BCUT2D eigenvalue weighted by atomic mass is 16.5. The van der Waals surface area contributed by atoms with Gasteiger partial charge in [-0.3, -0.25) is 0 Å². The summed E-state index contributed by atoms with van der Waals surface area (Å²) in [6.45, 7) is 6.39. The molecule has 1 rings (SSSR count). The second kappa shape index (κ2) is 7.02. The van der Waals surface area contributed by atoms with Crippen LogP contribution >= 0.6 is 0 Å². The molecular weight excluding hydrogens is 202 g/mol. The summed E-state index contributed by atoms with van der Waals surface area (Å²) in [7, 11) is 0. The largest absolute Gasteiger partial charge is 0.342 e. The molecule has 0 atom stereocenters. The third kappa shape index (κ3) is 3.35. The van der Waals surface area contributed by atoms with E-state index in [1.807, 2.05) is 13.1 Å². The predicted molar refractivity (Wildman–Crippen MR) is 60.5 cm³/mol. The number of hydrogen-bond acceptors (Lipinski definition) is 2. The van der Waals surface area contributed by atoms with E-state index in [-0.39, 0.29) is 0 Å². The van der Waals surface area contributed by atoms with Crippen molar-refractivity contribution in [3.05, 3.63) is 18.2 Å². The summed E-state index contributed by atoms with van der Waals surface area (Å²) in [4.78, 5) is 0. The molecule has 0 saturated carbocycles. The summed E-state index contributed by atoms with van der Waals surface area (Å²) in [6, 6.07) is 2.17. The summed E-state index contributed by atoms with van der Waals surface area (Å²) in [5.74, 6) is 1.26. The maximum atomic E-state index is 8.51. The number of aromatic nitrogens is 2. The molecule has 1 heterocycles. The van der Waals surface area contributed by atoms with E-state index in [4.69, 9.17) is 10.00 Å². The van der Waals surface area contributed by atoms with Crippen LogP contribution < -0.4 is 4.57 Å². The van der Waals surface area contributed by atoms with Crippen LogP contribution in [0.1, 0.15) is 32.5 Å². The lowest BCUT2D eigenvalue weighted by Gasteiger charge is -2.02. The Kier molecular flexibility index (Phi) is 5.58. The fourth-order valence-corrected chi connectivity index (χ4v) is 1.74. The molecule has 4 heteroatoms. The van der Waals surface area contributed by atoms with Gasteiger partial charge in [0.25, 0.3) is 5.82 Å². The summed E-state index contributed by atoms with van der Waals surface area (Å²) in [5, 5.41) is 8.51. The van der Waals surface area contributed by atoms with Crippen LogP contribution in [0.3, 0.4) is 0 Å². The zero-order valence-electron chi connectivity index (χ0n) is 10.1. The van der Waals surface area contributed by atoms with Crippen molar-refractivity contribution in [2.45, 2.75) is 46.4 Å². The minimum Gasteiger partial charge on any atom is -0.342 e. The summed E-state index contributed by atoms with van der Waals surface area (Å²) < 4.78 is 9.72. The summed E-state index contributed by atoms with van der Waals surface area (Å²) >= 11 is 0. The van der Waals surface area contributed by atoms with Gasteiger partial charge in [0.05, 0.1) is 12.6 Å². The molecule has 88 valence electrons. The Balaban J connectivity index is 2.63. The highest BCUT2D eigenvalue weighted by molar-refractivity contribution is 4.83. The van der Waals surface area contributed by atoms with Gasteiger partial charge in [-0.05, 0) is 13.3 Å². The Hall–Kier alpha value is -1.34. The molecule has 0 amide bonds. The first-order valence-corrected chi connectivity index (χ1v) is 5.85. The lowest BCUT2D eigenvalue weighted by Crippen LogP contribution is -2.38. The van der Waals surface area contributed by atoms with Crippen LogP contribution in [-0.4, -0.2) is 11.2 Å². The molecule has 1 aromatic heterocycles. The minimum absolute atomic E-state index is 0.616. The molecule has 1 aromatic rings. The van der Waals surface area contributed by atoms with E-state index >= 15 is 0 Å². The standard InChI is InChI=1S/C12H20N3O/c1-3-12-14(8-6-5-7-13)9-10-15(12)11-16-4-2/h9-10H,3-6,8,11H2,1-2H3/q+1. The number of unbranched alkanes of at least 4 members (excludes halogenated alkanes) is 1. The van der Waals surface area contributed by atoms with Gasteiger partial charge in [-0.2, -0.15) is 5.26 Å². The molecule has 0 aliphatic carbocycles. The Morgan fingerprint density at radius 3 is 2.94 bits per heavy atom. The van der Waals surface area contributed by atoms with Gasteiger partial charge >= 0.3 is 0 Å². The molecule has 0 aliphatic rings. The average Bonchev–Trinajstić information content (AvgIpc) is 2.69. The van der Waals surface area contributed by atoms with Gasteiger partial charge < -0.3 is 4.74 Å². The zero-order chi connectivity index (χ0) is 11.8. The van der Waals surface area contributed by atoms with E-state index in [0.717, 1.165) is 26.0 Å². The molecule has 16 heavy (non-hydrogen) atoms. The smallest absolute Gasteiger partial charge is 0.258 e. The fraction of sp³-hybridized carbons (Fsp3) is 0.667. The monoisotopic (exact) mass is 222 g/mol. The number of ether oxygens (including phenoxy) is 1. The lowest BCUT2D eigenvalue weighted by molar-refractivity contribution is -0.738. The van der Waals surface area contributed by atoms with E-state index in [9.17, 15) is 0 Å². The molecule has 0 radical (unpaired) electrons. The average molecular weight is 222 g/mol. The highest BCUT2D eigenvalue weighted by Gasteiger charge is 2.14. The van der Waals surface area contributed by atoms with Crippen LogP contribution in [0.15, 0.2) is 12.4 Å². The number of nitrogens with zero attached hydrogens (tertiary/aromatic N) is 3. The van der Waals surface area contributed by atoms with Crippen LogP contribution in [0.5, 0.6) is 0 Å². The van der Waals surface area contributed by atoms with Gasteiger partial charge in [-0.25, -0.2) is 9.13 Å². The first-order valence-electron chi connectivity index (χ1n) is 5.85. The number of rotatable bonds is 7. The Bertz CT molecular complexity index is 352. The maximum absolute atomic E-state index is 8.51. The third-order valence-corrected chi connectivity index (χ3v) is 2.53. The van der Waals surface area contributed by atoms with Gasteiger partial charge in [0.2, 0.25) is 0 Å². The van der Waals surface area contributed by atoms with Gasteiger partial charge in [-0.15, -0.1) is 0 Å². The molecule has 0 aromatic carbocycles. The number of nitriles is 1. The van der Waals surface area contributed by atoms with Crippen LogP contribution in [0.25, 0.3) is 0 Å². The highest BCUT2D eigenvalue weighted by Crippen LogP contribution is 2.00. The molecule has 0 fully saturated rings. The van der Waals surface area contributed by atoms with Crippen molar-refractivity contribution in [3.8, 4) is 6.07 Å². The number of aryl methyl sites for hydroxylation is 1. The summed E-state index contributed by atoms with van der Waals surface area (Å²) in [6.07, 6.45) is 6.61. The summed E-state index contributed by atoms with van der Waals surface area (Å²) in [5.41, 5.74) is 0. The molecule has 0 bridgehead atoms. The van der Waals surface area contributed by atoms with Gasteiger partial charge in [0, 0.05) is 19.4 Å². The zero-order valence-corrected chi connectivity index (χ0v) is 10.1. The van der Waals surface area contributed by atoms with E-state index < -0.39 is 0 Å². The van der Waals surface area contributed by atoms with Crippen molar-refractivity contribution in [1.29, 1.82) is 5.26 Å². The molecule has 0 N–H and O–H groups in total. The van der Waals surface area contributed by atoms with E-state index in [2.05, 4.69) is 28.3 Å². The maximum Gasteiger partial charge on any atom is 0.258 e. The van der Waals surface area contributed by atoms with Gasteiger partial charge in [0.1, 0.15) is 12.4 Å². The molecule has 0 aliphatic heterocycles. The van der Waals surface area contributed by atoms with Crippen molar-refractivity contribution in [1.82, 2.24) is 4.57 Å². The van der Waals surface area contributed by atoms with Crippen molar-refractivity contribution in [2.75, 3.05) is 6.61 Å². The van der Waals surface area contributed by atoms with Crippen LogP contribution in [0.2, 0.25) is 0 Å². The van der Waals surface area contributed by atoms with Gasteiger partial charge in [0.15, 0.2) is 6.73 Å². The molecule has 4 nitrogen and oxygen atoms in total. The van der Waals surface area contributed by atoms with Crippen molar-refractivity contribution >= 4 is 0 Å². The molecule has 0 unspecified atom stereocenters. The normalized spacial score (nSPS) is 10.3. The van der Waals surface area contributed by atoms with Crippen LogP contribution in [0.4, 0.5) is 0 Å². The topological polar surface area (TPSA) is 41.8 Å². The quantitative estimate of drug-likeness (QED) is 0.520. The van der Waals surface area contributed by atoms with Crippen LogP contribution in [-0.2, 0) is 24.4 Å². The van der Waals surface area contributed by atoms with Gasteiger partial charge in [-0.1, -0.05) is 6.92 Å². The Labute approximate surface area is 97.1 Å². The molecular formula is C12H20N3O+. The Morgan fingerprint density at radius 2 is 2.31 bits per heavy atom. The lowest BCUT2D eigenvalue weighted by atomic mass is 10.3. The van der Waals surface area contributed by atoms with Crippen molar-refractivity contribution in [3.63, 3.8) is 0 Å². The van der Waals surface area contributed by atoms with Crippen molar-refractivity contribution < 1.29 is 9.30 Å².